The number of nitrogens with zero attached hydrogens (tertiary/aromatic N) is 7. The summed E-state index contributed by atoms with van der Waals surface area (Å²) in [6.45, 7) is 9.52. The molecule has 1 amide bonds. The minimum absolute atomic E-state index is 0.213. The fourth-order valence-electron chi connectivity index (χ4n) is 2.67. The predicted octanol–water partition coefficient (Wildman–Crippen LogP) is 1.43. The van der Waals surface area contributed by atoms with E-state index in [9.17, 15) is 4.79 Å². The number of carbonyl (C=O) groups is 1. The van der Waals surface area contributed by atoms with Crippen molar-refractivity contribution in [3.63, 3.8) is 0 Å². The fraction of sp³-hybridized carbons (Fsp3) is 0.500. The Balaban J connectivity index is 1.53. The minimum Gasteiger partial charge on any atom is -0.351 e. The Morgan fingerprint density at radius 3 is 2.65 bits per heavy atom. The van der Waals surface area contributed by atoms with Crippen LogP contribution in [0.5, 0.6) is 0 Å². The average Bonchev–Trinajstić information content (AvgIpc) is 3.26. The van der Waals surface area contributed by atoms with Crippen molar-refractivity contribution < 1.29 is 4.79 Å². The monoisotopic (exact) mass is 374 g/mol. The average molecular weight is 374 g/mol. The molecule has 0 aromatic carbocycles. The van der Waals surface area contributed by atoms with Gasteiger partial charge in [-0.1, -0.05) is 5.21 Å². The summed E-state index contributed by atoms with van der Waals surface area (Å²) in [7, 11) is 0. The lowest BCUT2D eigenvalue weighted by Crippen LogP contribution is -2.26. The third kappa shape index (κ3) is 3.96. The lowest BCUT2D eigenvalue weighted by atomic mass is 10.3. The topological polar surface area (TPSA) is 103 Å². The van der Waals surface area contributed by atoms with E-state index in [1.54, 1.807) is 4.68 Å². The van der Waals surface area contributed by atoms with Crippen LogP contribution >= 0.6 is 11.7 Å². The van der Waals surface area contributed by atoms with Crippen LogP contribution in [0.2, 0.25) is 0 Å². The molecule has 0 spiro atoms. The van der Waals surface area contributed by atoms with E-state index in [0.29, 0.717) is 24.5 Å². The molecule has 1 N–H and O–H groups in total. The summed E-state index contributed by atoms with van der Waals surface area (Å²) < 4.78 is 12.0. The second kappa shape index (κ2) is 7.73. The number of nitrogens with one attached hydrogen (secondary N) is 1. The highest BCUT2D eigenvalue weighted by Gasteiger charge is 2.17. The summed E-state index contributed by atoms with van der Waals surface area (Å²) in [5.74, 6) is -0.213. The van der Waals surface area contributed by atoms with Crippen LogP contribution in [0, 0.1) is 27.7 Å². The van der Waals surface area contributed by atoms with E-state index in [1.807, 2.05) is 38.4 Å². The molecule has 0 atom stereocenters. The zero-order valence-electron chi connectivity index (χ0n) is 15.4. The Kier molecular flexibility index (Phi) is 5.40. The standard InChI is InChI=1S/C16H22N8OS/c1-10-8-11(2)23(19-10)7-5-6-17-16(25)15-13(4)24(22-18-15)9-14-12(3)20-26-21-14/h8H,5-7,9H2,1-4H3,(H,17,25). The van der Waals surface area contributed by atoms with Crippen molar-refractivity contribution in [2.45, 2.75) is 47.2 Å². The lowest BCUT2D eigenvalue weighted by molar-refractivity contribution is 0.0947. The Morgan fingerprint density at radius 2 is 2.00 bits per heavy atom. The molecule has 10 heteroatoms. The van der Waals surface area contributed by atoms with Crippen molar-refractivity contribution in [2.24, 2.45) is 0 Å². The number of hydrogen-bond acceptors (Lipinski definition) is 7. The van der Waals surface area contributed by atoms with Gasteiger partial charge in [-0.2, -0.15) is 13.8 Å². The summed E-state index contributed by atoms with van der Waals surface area (Å²) in [5.41, 5.74) is 4.91. The number of aromatic nitrogens is 7. The summed E-state index contributed by atoms with van der Waals surface area (Å²) >= 11 is 1.17. The molecule has 9 nitrogen and oxygen atoms in total. The van der Waals surface area contributed by atoms with Gasteiger partial charge in [0.25, 0.3) is 5.91 Å². The molecule has 3 rings (SSSR count). The maximum atomic E-state index is 12.4. The highest BCUT2D eigenvalue weighted by Crippen LogP contribution is 2.10. The maximum Gasteiger partial charge on any atom is 0.273 e. The van der Waals surface area contributed by atoms with Gasteiger partial charge in [0.05, 0.1) is 41.0 Å². The first kappa shape index (κ1) is 18.2. The van der Waals surface area contributed by atoms with Crippen molar-refractivity contribution in [2.75, 3.05) is 6.54 Å². The summed E-state index contributed by atoms with van der Waals surface area (Å²) in [5, 5.41) is 15.4. The van der Waals surface area contributed by atoms with E-state index in [2.05, 4.69) is 29.5 Å². The molecule has 3 heterocycles. The van der Waals surface area contributed by atoms with Crippen molar-refractivity contribution in [3.8, 4) is 0 Å². The highest BCUT2D eigenvalue weighted by molar-refractivity contribution is 6.99. The van der Waals surface area contributed by atoms with Gasteiger partial charge in [-0.15, -0.1) is 5.10 Å². The van der Waals surface area contributed by atoms with E-state index in [0.717, 1.165) is 35.7 Å². The summed E-state index contributed by atoms with van der Waals surface area (Å²) in [4.78, 5) is 12.4. The largest absolute Gasteiger partial charge is 0.351 e. The van der Waals surface area contributed by atoms with Crippen LogP contribution in [0.3, 0.4) is 0 Å². The Morgan fingerprint density at radius 1 is 1.19 bits per heavy atom. The summed E-state index contributed by atoms with van der Waals surface area (Å²) in [6, 6.07) is 2.04. The third-order valence-corrected chi connectivity index (χ3v) is 4.84. The molecule has 0 radical (unpaired) electrons. The number of hydrogen-bond donors (Lipinski definition) is 1. The zero-order valence-corrected chi connectivity index (χ0v) is 16.2. The van der Waals surface area contributed by atoms with Gasteiger partial charge < -0.3 is 5.32 Å². The number of amides is 1. The predicted molar refractivity (Wildman–Crippen MR) is 97.2 cm³/mol. The van der Waals surface area contributed by atoms with Gasteiger partial charge in [0.15, 0.2) is 5.69 Å². The van der Waals surface area contributed by atoms with Gasteiger partial charge >= 0.3 is 0 Å². The molecule has 3 aromatic rings. The van der Waals surface area contributed by atoms with Crippen LogP contribution in [0.1, 0.15) is 45.4 Å². The van der Waals surface area contributed by atoms with Crippen LogP contribution in [-0.2, 0) is 13.1 Å². The Hall–Kier alpha value is -2.62. The van der Waals surface area contributed by atoms with Crippen LogP contribution in [-0.4, -0.2) is 46.0 Å². The van der Waals surface area contributed by atoms with Gasteiger partial charge in [0, 0.05) is 18.8 Å². The molecule has 0 saturated heterocycles. The minimum atomic E-state index is -0.213. The van der Waals surface area contributed by atoms with Crippen LogP contribution in [0.15, 0.2) is 6.07 Å². The molecule has 0 unspecified atom stereocenters. The summed E-state index contributed by atoms with van der Waals surface area (Å²) in [6.07, 6.45) is 0.796. The zero-order chi connectivity index (χ0) is 18.7. The lowest BCUT2D eigenvalue weighted by Gasteiger charge is -2.06. The number of aryl methyl sites for hydroxylation is 4. The van der Waals surface area contributed by atoms with Crippen molar-refractivity contribution in [3.05, 3.63) is 40.2 Å². The van der Waals surface area contributed by atoms with Gasteiger partial charge in [-0.25, -0.2) is 4.68 Å². The van der Waals surface area contributed by atoms with Gasteiger partial charge in [0.2, 0.25) is 0 Å². The first-order chi connectivity index (χ1) is 12.5. The molecule has 0 bridgehead atoms. The van der Waals surface area contributed by atoms with E-state index >= 15 is 0 Å². The quantitative estimate of drug-likeness (QED) is 0.628. The third-order valence-electron chi connectivity index (χ3n) is 4.18. The fourth-order valence-corrected chi connectivity index (χ4v) is 3.23. The first-order valence-corrected chi connectivity index (χ1v) is 9.16. The van der Waals surface area contributed by atoms with Gasteiger partial charge in [0.1, 0.15) is 0 Å². The number of rotatable bonds is 7. The van der Waals surface area contributed by atoms with E-state index in [1.165, 1.54) is 11.7 Å². The molecule has 26 heavy (non-hydrogen) atoms. The van der Waals surface area contributed by atoms with Crippen LogP contribution < -0.4 is 5.32 Å². The van der Waals surface area contributed by atoms with E-state index < -0.39 is 0 Å². The van der Waals surface area contributed by atoms with Crippen LogP contribution in [0.4, 0.5) is 0 Å². The molecule has 0 aliphatic carbocycles. The highest BCUT2D eigenvalue weighted by atomic mass is 32.1. The Bertz CT molecular complexity index is 909. The normalized spacial score (nSPS) is 11.1. The molecule has 0 aliphatic heterocycles. The van der Waals surface area contributed by atoms with E-state index in [4.69, 9.17) is 0 Å². The molecule has 0 aliphatic rings. The molecule has 0 saturated carbocycles. The van der Waals surface area contributed by atoms with Crippen LogP contribution in [0.25, 0.3) is 0 Å². The van der Waals surface area contributed by atoms with Crippen molar-refractivity contribution in [1.82, 2.24) is 38.8 Å². The second-order valence-electron chi connectivity index (χ2n) is 6.24. The van der Waals surface area contributed by atoms with E-state index in [-0.39, 0.29) is 5.91 Å². The molecule has 0 fully saturated rings. The molecule has 138 valence electrons. The van der Waals surface area contributed by atoms with Gasteiger partial charge in [-0.3, -0.25) is 9.48 Å². The molecule has 3 aromatic heterocycles. The van der Waals surface area contributed by atoms with Gasteiger partial charge in [-0.05, 0) is 40.2 Å². The maximum absolute atomic E-state index is 12.4. The number of carbonyl (C=O) groups excluding carboxylic acids is 1. The molecular weight excluding hydrogens is 352 g/mol. The second-order valence-corrected chi connectivity index (χ2v) is 6.77. The molecular formula is C16H22N8OS. The van der Waals surface area contributed by atoms with Crippen molar-refractivity contribution >= 4 is 17.6 Å². The SMILES string of the molecule is Cc1cc(C)n(CCCNC(=O)c2nnn(Cc3nsnc3C)c2C)n1. The Labute approximate surface area is 155 Å². The smallest absolute Gasteiger partial charge is 0.273 e. The first-order valence-electron chi connectivity index (χ1n) is 8.43. The van der Waals surface area contributed by atoms with Crippen molar-refractivity contribution in [1.29, 1.82) is 0 Å².